The zero-order valence-corrected chi connectivity index (χ0v) is 10.8. The highest BCUT2D eigenvalue weighted by Crippen LogP contribution is 2.33. The van der Waals surface area contributed by atoms with Crippen LogP contribution in [0, 0.1) is 0 Å². The number of fused-ring (bicyclic) bond motifs is 1. The molecule has 1 aromatic rings. The monoisotopic (exact) mass is 263 g/mol. The van der Waals surface area contributed by atoms with Gasteiger partial charge in [0.05, 0.1) is 19.1 Å². The van der Waals surface area contributed by atoms with Gasteiger partial charge in [-0.25, -0.2) is 0 Å². The average molecular weight is 263 g/mol. The average Bonchev–Trinajstić information content (AvgIpc) is 2.44. The van der Waals surface area contributed by atoms with Gasteiger partial charge >= 0.3 is 5.97 Å². The zero-order valence-electron chi connectivity index (χ0n) is 10.8. The summed E-state index contributed by atoms with van der Waals surface area (Å²) in [6, 6.07) is 7.47. The minimum atomic E-state index is -0.420. The highest BCUT2D eigenvalue weighted by molar-refractivity contribution is 5.87. The van der Waals surface area contributed by atoms with E-state index in [4.69, 9.17) is 9.47 Å². The van der Waals surface area contributed by atoms with Crippen LogP contribution < -0.4 is 10.1 Å². The van der Waals surface area contributed by atoms with E-state index in [1.807, 2.05) is 24.3 Å². The van der Waals surface area contributed by atoms with E-state index >= 15 is 0 Å². The number of hydrogen-bond acceptors (Lipinski definition) is 4. The summed E-state index contributed by atoms with van der Waals surface area (Å²) >= 11 is 0. The molecular weight excluding hydrogens is 246 g/mol. The minimum absolute atomic E-state index is 0.0911. The van der Waals surface area contributed by atoms with Crippen LogP contribution in [0.1, 0.15) is 24.8 Å². The number of ether oxygens (including phenoxy) is 2. The second-order valence-corrected chi connectivity index (χ2v) is 4.25. The number of amides is 1. The minimum Gasteiger partial charge on any atom is -0.493 e. The fourth-order valence-electron chi connectivity index (χ4n) is 2.11. The standard InChI is InChI=1S/C14H17NO4/c1-2-18-13(16)9-15-14(17)11-7-8-19-12-6-4-3-5-10(11)12/h3-6,11H,2,7-9H2,1H3,(H,15,17). The van der Waals surface area contributed by atoms with Crippen LogP contribution in [0.4, 0.5) is 0 Å². The van der Waals surface area contributed by atoms with Gasteiger partial charge in [0.25, 0.3) is 0 Å². The summed E-state index contributed by atoms with van der Waals surface area (Å²) in [6.45, 7) is 2.46. The predicted molar refractivity (Wildman–Crippen MR) is 68.9 cm³/mol. The molecule has 102 valence electrons. The highest BCUT2D eigenvalue weighted by atomic mass is 16.5. The second-order valence-electron chi connectivity index (χ2n) is 4.25. The molecule has 0 fully saturated rings. The van der Waals surface area contributed by atoms with Crippen molar-refractivity contribution in [3.8, 4) is 5.75 Å². The molecule has 1 heterocycles. The van der Waals surface area contributed by atoms with Crippen molar-refractivity contribution in [3.05, 3.63) is 29.8 Å². The SMILES string of the molecule is CCOC(=O)CNC(=O)C1CCOc2ccccc21. The molecule has 1 N–H and O–H groups in total. The van der Waals surface area contributed by atoms with E-state index in [1.54, 1.807) is 6.92 Å². The first-order valence-electron chi connectivity index (χ1n) is 6.37. The van der Waals surface area contributed by atoms with Crippen molar-refractivity contribution in [2.24, 2.45) is 0 Å². The number of para-hydroxylation sites is 1. The number of hydrogen-bond donors (Lipinski definition) is 1. The van der Waals surface area contributed by atoms with Gasteiger partial charge in [-0.1, -0.05) is 18.2 Å². The summed E-state index contributed by atoms with van der Waals surface area (Å²) in [5, 5.41) is 2.61. The Hall–Kier alpha value is -2.04. The molecule has 1 atom stereocenters. The molecule has 1 aliphatic heterocycles. The molecule has 1 aromatic carbocycles. The van der Waals surface area contributed by atoms with Crippen LogP contribution in [0.25, 0.3) is 0 Å². The van der Waals surface area contributed by atoms with Crippen molar-refractivity contribution >= 4 is 11.9 Å². The van der Waals surface area contributed by atoms with Gasteiger partial charge in [0.2, 0.25) is 5.91 Å². The first-order chi connectivity index (χ1) is 9.22. The lowest BCUT2D eigenvalue weighted by molar-refractivity contribution is -0.143. The summed E-state index contributed by atoms with van der Waals surface area (Å²) in [5.74, 6) is -0.107. The molecule has 1 amide bonds. The molecule has 19 heavy (non-hydrogen) atoms. The molecule has 1 unspecified atom stereocenters. The molecule has 2 rings (SSSR count). The highest BCUT2D eigenvalue weighted by Gasteiger charge is 2.27. The molecule has 0 aromatic heterocycles. The third-order valence-electron chi connectivity index (χ3n) is 2.99. The van der Waals surface area contributed by atoms with Gasteiger partial charge in [-0.3, -0.25) is 9.59 Å². The van der Waals surface area contributed by atoms with E-state index in [0.717, 1.165) is 11.3 Å². The number of carbonyl (C=O) groups is 2. The van der Waals surface area contributed by atoms with Crippen LogP contribution in [-0.2, 0) is 14.3 Å². The molecule has 5 nitrogen and oxygen atoms in total. The van der Waals surface area contributed by atoms with E-state index in [1.165, 1.54) is 0 Å². The third-order valence-corrected chi connectivity index (χ3v) is 2.99. The number of esters is 1. The number of rotatable bonds is 4. The largest absolute Gasteiger partial charge is 0.493 e. The summed E-state index contributed by atoms with van der Waals surface area (Å²) < 4.78 is 10.3. The number of carbonyl (C=O) groups excluding carboxylic acids is 2. The Morgan fingerprint density at radius 2 is 2.21 bits per heavy atom. The molecule has 0 saturated carbocycles. The summed E-state index contributed by atoms with van der Waals surface area (Å²) in [5.41, 5.74) is 0.870. The Bertz CT molecular complexity index is 472. The van der Waals surface area contributed by atoms with Gasteiger partial charge < -0.3 is 14.8 Å². The molecule has 5 heteroatoms. The first-order valence-corrected chi connectivity index (χ1v) is 6.37. The van der Waals surface area contributed by atoms with Crippen molar-refractivity contribution in [2.75, 3.05) is 19.8 Å². The predicted octanol–water partition coefficient (Wildman–Crippen LogP) is 1.23. The van der Waals surface area contributed by atoms with Crippen molar-refractivity contribution in [1.82, 2.24) is 5.32 Å². The van der Waals surface area contributed by atoms with Crippen LogP contribution >= 0.6 is 0 Å². The Balaban J connectivity index is 1.99. The van der Waals surface area contributed by atoms with E-state index in [2.05, 4.69) is 5.32 Å². The summed E-state index contributed by atoms with van der Waals surface area (Å²) in [7, 11) is 0. The summed E-state index contributed by atoms with van der Waals surface area (Å²) in [6.07, 6.45) is 0.617. The topological polar surface area (TPSA) is 64.6 Å². The molecule has 0 radical (unpaired) electrons. The lowest BCUT2D eigenvalue weighted by Crippen LogP contribution is -2.36. The van der Waals surface area contributed by atoms with Crippen LogP contribution in [0.3, 0.4) is 0 Å². The third kappa shape index (κ3) is 3.24. The van der Waals surface area contributed by atoms with Crippen molar-refractivity contribution in [2.45, 2.75) is 19.3 Å². The maximum absolute atomic E-state index is 12.1. The maximum Gasteiger partial charge on any atom is 0.325 e. The molecule has 0 aliphatic carbocycles. The van der Waals surface area contributed by atoms with Gasteiger partial charge in [-0.15, -0.1) is 0 Å². The van der Waals surface area contributed by atoms with E-state index in [9.17, 15) is 9.59 Å². The Kier molecular flexibility index (Phi) is 4.39. The van der Waals surface area contributed by atoms with Gasteiger partial charge in [-0.05, 0) is 19.4 Å². The molecular formula is C14H17NO4. The second kappa shape index (κ2) is 6.22. The maximum atomic E-state index is 12.1. The first kappa shape index (κ1) is 13.4. The Morgan fingerprint density at radius 3 is 3.00 bits per heavy atom. The van der Waals surface area contributed by atoms with Crippen LogP contribution in [0.5, 0.6) is 5.75 Å². The van der Waals surface area contributed by atoms with E-state index in [-0.39, 0.29) is 18.4 Å². The fourth-order valence-corrected chi connectivity index (χ4v) is 2.11. The quantitative estimate of drug-likeness (QED) is 0.830. The normalized spacial score (nSPS) is 17.0. The van der Waals surface area contributed by atoms with E-state index < -0.39 is 5.97 Å². The van der Waals surface area contributed by atoms with Gasteiger partial charge in [-0.2, -0.15) is 0 Å². The Labute approximate surface area is 111 Å². The summed E-state index contributed by atoms with van der Waals surface area (Å²) in [4.78, 5) is 23.3. The van der Waals surface area contributed by atoms with Crippen molar-refractivity contribution < 1.29 is 19.1 Å². The molecule has 0 spiro atoms. The molecule has 0 bridgehead atoms. The zero-order chi connectivity index (χ0) is 13.7. The number of nitrogens with one attached hydrogen (secondary N) is 1. The molecule has 0 saturated heterocycles. The Morgan fingerprint density at radius 1 is 1.42 bits per heavy atom. The van der Waals surface area contributed by atoms with Crippen molar-refractivity contribution in [3.63, 3.8) is 0 Å². The lowest BCUT2D eigenvalue weighted by atomic mass is 9.92. The number of benzene rings is 1. The van der Waals surface area contributed by atoms with Gasteiger partial charge in [0.1, 0.15) is 12.3 Å². The lowest BCUT2D eigenvalue weighted by Gasteiger charge is -2.24. The van der Waals surface area contributed by atoms with Crippen LogP contribution in [0.15, 0.2) is 24.3 Å². The van der Waals surface area contributed by atoms with E-state index in [0.29, 0.717) is 19.6 Å². The van der Waals surface area contributed by atoms with Crippen LogP contribution in [-0.4, -0.2) is 31.6 Å². The smallest absolute Gasteiger partial charge is 0.325 e. The van der Waals surface area contributed by atoms with Crippen molar-refractivity contribution in [1.29, 1.82) is 0 Å². The van der Waals surface area contributed by atoms with Crippen LogP contribution in [0.2, 0.25) is 0 Å². The fraction of sp³-hybridized carbons (Fsp3) is 0.429. The van der Waals surface area contributed by atoms with Gasteiger partial charge in [0.15, 0.2) is 0 Å². The van der Waals surface area contributed by atoms with Gasteiger partial charge in [0, 0.05) is 5.56 Å². The molecule has 1 aliphatic rings.